The lowest BCUT2D eigenvalue weighted by atomic mass is 9.87. The molecule has 2 N–H and O–H groups in total. The summed E-state index contributed by atoms with van der Waals surface area (Å²) in [5.74, 6) is 1.78. The minimum absolute atomic E-state index is 0.00479. The Morgan fingerprint density at radius 3 is 2.33 bits per heavy atom. The Morgan fingerprint density at radius 2 is 1.75 bits per heavy atom. The van der Waals surface area contributed by atoms with E-state index in [9.17, 15) is 0 Å². The number of rotatable bonds is 8. The van der Waals surface area contributed by atoms with Crippen LogP contribution in [0.15, 0.2) is 73.0 Å². The summed E-state index contributed by atoms with van der Waals surface area (Å²) in [4.78, 5) is 0. The maximum atomic E-state index is 6.37. The van der Waals surface area contributed by atoms with Gasteiger partial charge in [-0.3, -0.25) is 0 Å². The molecule has 0 aliphatic carbocycles. The van der Waals surface area contributed by atoms with Crippen LogP contribution < -0.4 is 10.5 Å². The molecular weight excluding hydrogens is 294 g/mol. The number of ether oxygens (including phenoxy) is 1. The molecule has 2 heteroatoms. The second kappa shape index (κ2) is 9.12. The van der Waals surface area contributed by atoms with Crippen molar-refractivity contribution >= 4 is 0 Å². The molecule has 0 heterocycles. The molecule has 0 fully saturated rings. The summed E-state index contributed by atoms with van der Waals surface area (Å²) in [6, 6.07) is 18.3. The van der Waals surface area contributed by atoms with Crippen molar-refractivity contribution < 1.29 is 4.74 Å². The van der Waals surface area contributed by atoms with Crippen LogP contribution in [-0.2, 0) is 6.61 Å². The van der Waals surface area contributed by atoms with Gasteiger partial charge in [-0.15, -0.1) is 5.73 Å². The van der Waals surface area contributed by atoms with Gasteiger partial charge in [-0.25, -0.2) is 0 Å². The molecular formula is C22H27NO. The third-order valence-corrected chi connectivity index (χ3v) is 4.27. The fourth-order valence-electron chi connectivity index (χ4n) is 2.67. The van der Waals surface area contributed by atoms with E-state index in [2.05, 4.69) is 50.4 Å². The molecule has 2 aromatic carbocycles. The topological polar surface area (TPSA) is 35.2 Å². The maximum Gasteiger partial charge on any atom is 0.119 e. The van der Waals surface area contributed by atoms with Crippen LogP contribution in [0.5, 0.6) is 5.75 Å². The first-order valence-electron chi connectivity index (χ1n) is 8.48. The van der Waals surface area contributed by atoms with Crippen LogP contribution in [0.3, 0.4) is 0 Å². The molecule has 2 atom stereocenters. The van der Waals surface area contributed by atoms with Crippen molar-refractivity contribution in [3.8, 4) is 5.75 Å². The van der Waals surface area contributed by atoms with E-state index in [-0.39, 0.29) is 6.04 Å². The van der Waals surface area contributed by atoms with E-state index in [1.165, 1.54) is 0 Å². The number of nitrogens with two attached hydrogens (primary N) is 1. The predicted octanol–water partition coefficient (Wildman–Crippen LogP) is 5.27. The van der Waals surface area contributed by atoms with E-state index >= 15 is 0 Å². The smallest absolute Gasteiger partial charge is 0.119 e. The number of hydrogen-bond donors (Lipinski definition) is 1. The van der Waals surface area contributed by atoms with Gasteiger partial charge >= 0.3 is 0 Å². The lowest BCUT2D eigenvalue weighted by Crippen LogP contribution is -2.17. The molecule has 0 aliphatic heterocycles. The molecule has 24 heavy (non-hydrogen) atoms. The lowest BCUT2D eigenvalue weighted by Gasteiger charge is -2.21. The summed E-state index contributed by atoms with van der Waals surface area (Å²) in [6.07, 6.45) is 2.92. The molecule has 2 unspecified atom stereocenters. The average Bonchev–Trinajstić information content (AvgIpc) is 2.60. The molecule has 0 amide bonds. The summed E-state index contributed by atoms with van der Waals surface area (Å²) in [5, 5.41) is 0. The third kappa shape index (κ3) is 5.42. The predicted molar refractivity (Wildman–Crippen MR) is 101 cm³/mol. The van der Waals surface area contributed by atoms with E-state index in [1.54, 1.807) is 0 Å². The summed E-state index contributed by atoms with van der Waals surface area (Å²) < 4.78 is 5.82. The van der Waals surface area contributed by atoms with Gasteiger partial charge in [0.05, 0.1) is 0 Å². The molecule has 0 saturated heterocycles. The Morgan fingerprint density at radius 1 is 1.08 bits per heavy atom. The van der Waals surface area contributed by atoms with Gasteiger partial charge in [0, 0.05) is 6.04 Å². The van der Waals surface area contributed by atoms with Crippen LogP contribution in [0, 0.1) is 11.8 Å². The van der Waals surface area contributed by atoms with Gasteiger partial charge in [-0.05, 0) is 47.6 Å². The molecule has 2 aromatic rings. The second-order valence-corrected chi connectivity index (χ2v) is 6.46. The van der Waals surface area contributed by atoms with E-state index < -0.39 is 0 Å². The molecule has 0 aromatic heterocycles. The number of benzene rings is 2. The molecule has 0 bridgehead atoms. The lowest BCUT2D eigenvalue weighted by molar-refractivity contribution is 0.306. The van der Waals surface area contributed by atoms with Crippen LogP contribution in [0.4, 0.5) is 0 Å². The van der Waals surface area contributed by atoms with Crippen LogP contribution in [-0.4, -0.2) is 0 Å². The van der Waals surface area contributed by atoms with Crippen LogP contribution in [0.25, 0.3) is 0 Å². The van der Waals surface area contributed by atoms with Crippen LogP contribution in [0.1, 0.15) is 37.4 Å². The van der Waals surface area contributed by atoms with E-state index in [0.717, 1.165) is 23.3 Å². The van der Waals surface area contributed by atoms with Crippen LogP contribution in [0.2, 0.25) is 0 Å². The largest absolute Gasteiger partial charge is 0.489 e. The van der Waals surface area contributed by atoms with Crippen molar-refractivity contribution in [2.45, 2.75) is 32.9 Å². The first-order valence-corrected chi connectivity index (χ1v) is 8.48. The van der Waals surface area contributed by atoms with Gasteiger partial charge in [0.1, 0.15) is 12.4 Å². The molecule has 2 rings (SSSR count). The van der Waals surface area contributed by atoms with Gasteiger partial charge < -0.3 is 10.5 Å². The summed E-state index contributed by atoms with van der Waals surface area (Å²) >= 11 is 0. The van der Waals surface area contributed by atoms with Crippen molar-refractivity contribution in [2.75, 3.05) is 0 Å². The highest BCUT2D eigenvalue weighted by Crippen LogP contribution is 2.26. The molecule has 2 nitrogen and oxygen atoms in total. The van der Waals surface area contributed by atoms with Gasteiger partial charge in [0.15, 0.2) is 0 Å². The fraction of sp³-hybridized carbons (Fsp3) is 0.318. The third-order valence-electron chi connectivity index (χ3n) is 4.27. The summed E-state index contributed by atoms with van der Waals surface area (Å²) in [6.45, 7) is 8.66. The van der Waals surface area contributed by atoms with Gasteiger partial charge in [-0.2, -0.15) is 0 Å². The Labute approximate surface area is 145 Å². The average molecular weight is 321 g/mol. The molecule has 0 saturated carbocycles. The summed E-state index contributed by atoms with van der Waals surface area (Å²) in [7, 11) is 0. The van der Waals surface area contributed by atoms with Crippen molar-refractivity contribution in [3.63, 3.8) is 0 Å². The summed E-state index contributed by atoms with van der Waals surface area (Å²) in [5.41, 5.74) is 11.6. The number of hydrogen-bond acceptors (Lipinski definition) is 2. The fourth-order valence-corrected chi connectivity index (χ4v) is 2.67. The first kappa shape index (κ1) is 18.1. The Kier molecular flexibility index (Phi) is 6.87. The number of allylic oxidation sites excluding steroid dienone is 1. The molecule has 0 aliphatic rings. The van der Waals surface area contributed by atoms with E-state index in [0.29, 0.717) is 18.4 Å². The Hall–Kier alpha value is -2.28. The standard InChI is InChI=1S/C22H27NO/c1-4-8-20(17(2)3)15-22(23)19-11-13-21(14-12-19)24-16-18-9-6-5-7-10-18/h5-14,17,20,22H,1,15-16,23H2,2-3H3. The van der Waals surface area contributed by atoms with Crippen molar-refractivity contribution in [2.24, 2.45) is 17.6 Å². The first-order chi connectivity index (χ1) is 11.6. The van der Waals surface area contributed by atoms with Gasteiger partial charge in [-0.1, -0.05) is 62.9 Å². The molecule has 0 radical (unpaired) electrons. The highest BCUT2D eigenvalue weighted by Gasteiger charge is 2.16. The highest BCUT2D eigenvalue weighted by molar-refractivity contribution is 5.29. The highest BCUT2D eigenvalue weighted by atomic mass is 16.5. The SMILES string of the molecule is C=C=CC(CC(N)c1ccc(OCc2ccccc2)cc1)C(C)C. The van der Waals surface area contributed by atoms with Crippen molar-refractivity contribution in [1.29, 1.82) is 0 Å². The zero-order valence-electron chi connectivity index (χ0n) is 14.6. The Balaban J connectivity index is 1.94. The molecule has 126 valence electrons. The van der Waals surface area contributed by atoms with E-state index in [4.69, 9.17) is 10.5 Å². The maximum absolute atomic E-state index is 6.37. The van der Waals surface area contributed by atoms with Gasteiger partial charge in [0.25, 0.3) is 0 Å². The minimum Gasteiger partial charge on any atom is -0.489 e. The quantitative estimate of drug-likeness (QED) is 0.672. The normalized spacial score (nSPS) is 13.2. The molecule has 0 spiro atoms. The minimum atomic E-state index is 0.00479. The van der Waals surface area contributed by atoms with E-state index in [1.807, 2.05) is 36.4 Å². The Bertz CT molecular complexity index is 654. The zero-order chi connectivity index (χ0) is 17.4. The zero-order valence-corrected chi connectivity index (χ0v) is 14.6. The van der Waals surface area contributed by atoms with Crippen molar-refractivity contribution in [1.82, 2.24) is 0 Å². The second-order valence-electron chi connectivity index (χ2n) is 6.46. The van der Waals surface area contributed by atoms with Crippen LogP contribution >= 0.6 is 0 Å². The van der Waals surface area contributed by atoms with Gasteiger partial charge in [0.2, 0.25) is 0 Å². The monoisotopic (exact) mass is 321 g/mol. The van der Waals surface area contributed by atoms with Crippen molar-refractivity contribution in [3.05, 3.63) is 84.1 Å².